The minimum Gasteiger partial charge on any atom is -0.443 e. The molecule has 1 N–H and O–H groups in total. The summed E-state index contributed by atoms with van der Waals surface area (Å²) in [5.74, 6) is -0.670. The molecule has 0 unspecified atom stereocenters. The van der Waals surface area contributed by atoms with Gasteiger partial charge in [0.05, 0.1) is 5.56 Å². The maximum Gasteiger partial charge on any atom is 0.181 e. The van der Waals surface area contributed by atoms with Crippen molar-refractivity contribution in [1.29, 1.82) is 0 Å². The van der Waals surface area contributed by atoms with Crippen LogP contribution in [0.3, 0.4) is 0 Å². The van der Waals surface area contributed by atoms with Crippen LogP contribution in [0, 0.1) is 17.6 Å². The number of halogens is 2. The normalized spacial score (nSPS) is 11.2. The largest absolute Gasteiger partial charge is 0.443 e. The predicted molar refractivity (Wildman–Crippen MR) is 68.4 cm³/mol. The van der Waals surface area contributed by atoms with Crippen LogP contribution in [-0.2, 0) is 6.54 Å². The first kappa shape index (κ1) is 13.7. The van der Waals surface area contributed by atoms with Gasteiger partial charge in [-0.05, 0) is 24.6 Å². The second-order valence-electron chi connectivity index (χ2n) is 4.75. The van der Waals surface area contributed by atoms with E-state index < -0.39 is 11.6 Å². The second-order valence-corrected chi connectivity index (χ2v) is 4.75. The Kier molecular flexibility index (Phi) is 4.27. The van der Waals surface area contributed by atoms with Crippen molar-refractivity contribution >= 4 is 0 Å². The fourth-order valence-electron chi connectivity index (χ4n) is 1.79. The molecule has 0 saturated heterocycles. The van der Waals surface area contributed by atoms with E-state index in [1.165, 1.54) is 24.6 Å². The molecule has 0 aliphatic rings. The molecule has 2 aromatic rings. The molecule has 5 heteroatoms. The van der Waals surface area contributed by atoms with E-state index in [1.807, 2.05) is 0 Å². The molecular formula is C14H16F2N2O. The molecule has 1 heterocycles. The fraction of sp³-hybridized carbons (Fsp3) is 0.357. The van der Waals surface area contributed by atoms with E-state index in [1.54, 1.807) is 0 Å². The van der Waals surface area contributed by atoms with E-state index in [0.29, 0.717) is 18.2 Å². The first-order chi connectivity index (χ1) is 9.09. The Morgan fingerprint density at radius 2 is 1.95 bits per heavy atom. The molecule has 0 saturated carbocycles. The van der Waals surface area contributed by atoms with E-state index >= 15 is 0 Å². The van der Waals surface area contributed by atoms with Crippen molar-refractivity contribution < 1.29 is 13.2 Å². The Morgan fingerprint density at radius 1 is 1.26 bits per heavy atom. The van der Waals surface area contributed by atoms with Crippen molar-refractivity contribution in [3.8, 4) is 11.3 Å². The number of benzene rings is 1. The first-order valence-corrected chi connectivity index (χ1v) is 6.17. The summed E-state index contributed by atoms with van der Waals surface area (Å²) < 4.78 is 32.5. The van der Waals surface area contributed by atoms with Gasteiger partial charge in [-0.1, -0.05) is 19.9 Å². The highest BCUT2D eigenvalue weighted by molar-refractivity contribution is 5.61. The molecule has 0 atom stereocenters. The average Bonchev–Trinajstić information content (AvgIpc) is 2.77. The minimum atomic E-state index is -0.651. The molecule has 1 aromatic carbocycles. The molecule has 102 valence electrons. The number of nitrogens with one attached hydrogen (secondary N) is 1. The number of hydrogen-bond donors (Lipinski definition) is 1. The van der Waals surface area contributed by atoms with Crippen molar-refractivity contribution in [1.82, 2.24) is 10.3 Å². The van der Waals surface area contributed by atoms with Gasteiger partial charge in [0.15, 0.2) is 12.2 Å². The zero-order valence-electron chi connectivity index (χ0n) is 10.9. The maximum absolute atomic E-state index is 13.7. The van der Waals surface area contributed by atoms with Crippen molar-refractivity contribution in [3.05, 3.63) is 41.9 Å². The van der Waals surface area contributed by atoms with Gasteiger partial charge < -0.3 is 9.73 Å². The zero-order chi connectivity index (χ0) is 13.8. The molecule has 2 rings (SSSR count). The van der Waals surface area contributed by atoms with Gasteiger partial charge in [0.2, 0.25) is 0 Å². The minimum absolute atomic E-state index is 0.145. The van der Waals surface area contributed by atoms with E-state index in [9.17, 15) is 8.78 Å². The molecule has 0 bridgehead atoms. The highest BCUT2D eigenvalue weighted by Gasteiger charge is 2.18. The second kappa shape index (κ2) is 5.93. The van der Waals surface area contributed by atoms with E-state index in [2.05, 4.69) is 24.1 Å². The molecule has 1 aromatic heterocycles. The lowest BCUT2D eigenvalue weighted by atomic mass is 10.1. The van der Waals surface area contributed by atoms with Gasteiger partial charge in [-0.15, -0.1) is 0 Å². The number of nitrogens with zero attached hydrogens (tertiary/aromatic N) is 1. The monoisotopic (exact) mass is 266 g/mol. The number of aromatic nitrogens is 1. The van der Waals surface area contributed by atoms with Gasteiger partial charge >= 0.3 is 0 Å². The molecule has 0 radical (unpaired) electrons. The summed E-state index contributed by atoms with van der Waals surface area (Å²) in [7, 11) is 0. The summed E-state index contributed by atoms with van der Waals surface area (Å²) in [4.78, 5) is 4.01. The van der Waals surface area contributed by atoms with E-state index in [-0.39, 0.29) is 11.3 Å². The summed E-state index contributed by atoms with van der Waals surface area (Å²) >= 11 is 0. The van der Waals surface area contributed by atoms with Gasteiger partial charge in [0.1, 0.15) is 17.3 Å². The summed E-state index contributed by atoms with van der Waals surface area (Å²) in [5.41, 5.74) is 0.339. The van der Waals surface area contributed by atoms with Crippen LogP contribution < -0.4 is 5.32 Å². The summed E-state index contributed by atoms with van der Waals surface area (Å²) in [5, 5.41) is 3.17. The lowest BCUT2D eigenvalue weighted by Crippen LogP contribution is -2.19. The van der Waals surface area contributed by atoms with Crippen LogP contribution >= 0.6 is 0 Å². The van der Waals surface area contributed by atoms with Gasteiger partial charge in [0.25, 0.3) is 0 Å². The van der Waals surface area contributed by atoms with Crippen LogP contribution in [0.5, 0.6) is 0 Å². The quantitative estimate of drug-likeness (QED) is 0.901. The summed E-state index contributed by atoms with van der Waals surface area (Å²) in [6.45, 7) is 5.37. The Morgan fingerprint density at radius 3 is 2.58 bits per heavy atom. The summed E-state index contributed by atoms with van der Waals surface area (Å²) in [6.07, 6.45) is 1.20. The third kappa shape index (κ3) is 3.17. The SMILES string of the molecule is CC(C)CNCc1ncoc1-c1c(F)cccc1F. The van der Waals surface area contributed by atoms with Crippen LogP contribution in [0.2, 0.25) is 0 Å². The summed E-state index contributed by atoms with van der Waals surface area (Å²) in [6, 6.07) is 3.72. The molecule has 0 spiro atoms. The fourth-order valence-corrected chi connectivity index (χ4v) is 1.79. The molecule has 0 aliphatic heterocycles. The topological polar surface area (TPSA) is 38.1 Å². The Balaban J connectivity index is 2.24. The van der Waals surface area contributed by atoms with Gasteiger partial charge in [-0.25, -0.2) is 13.8 Å². The van der Waals surface area contributed by atoms with Gasteiger partial charge in [-0.2, -0.15) is 0 Å². The van der Waals surface area contributed by atoms with Crippen molar-refractivity contribution in [2.75, 3.05) is 6.54 Å². The first-order valence-electron chi connectivity index (χ1n) is 6.17. The van der Waals surface area contributed by atoms with Crippen molar-refractivity contribution in [3.63, 3.8) is 0 Å². The zero-order valence-corrected chi connectivity index (χ0v) is 10.9. The van der Waals surface area contributed by atoms with Crippen molar-refractivity contribution in [2.45, 2.75) is 20.4 Å². The van der Waals surface area contributed by atoms with Crippen LogP contribution in [0.1, 0.15) is 19.5 Å². The standard InChI is InChI=1S/C14H16F2N2O/c1-9(2)6-17-7-12-14(19-8-18-12)13-10(15)4-3-5-11(13)16/h3-5,8-9,17H,6-7H2,1-2H3. The lowest BCUT2D eigenvalue weighted by molar-refractivity contribution is 0.533. The maximum atomic E-state index is 13.7. The van der Waals surface area contributed by atoms with E-state index in [4.69, 9.17) is 4.42 Å². The smallest absolute Gasteiger partial charge is 0.181 e. The van der Waals surface area contributed by atoms with Gasteiger partial charge in [0, 0.05) is 6.54 Å². The number of rotatable bonds is 5. The van der Waals surface area contributed by atoms with Crippen LogP contribution in [-0.4, -0.2) is 11.5 Å². The molecule has 0 aliphatic carbocycles. The third-order valence-corrected chi connectivity index (χ3v) is 2.68. The molecule has 0 amide bonds. The Bertz CT molecular complexity index is 532. The molecule has 3 nitrogen and oxygen atoms in total. The molecule has 19 heavy (non-hydrogen) atoms. The Hall–Kier alpha value is -1.75. The van der Waals surface area contributed by atoms with Crippen molar-refractivity contribution in [2.24, 2.45) is 5.92 Å². The number of oxazole rings is 1. The Labute approximate surface area is 110 Å². The third-order valence-electron chi connectivity index (χ3n) is 2.68. The predicted octanol–water partition coefficient (Wildman–Crippen LogP) is 3.37. The highest BCUT2D eigenvalue weighted by atomic mass is 19.1. The highest BCUT2D eigenvalue weighted by Crippen LogP contribution is 2.28. The van der Waals surface area contributed by atoms with Crippen LogP contribution in [0.4, 0.5) is 8.78 Å². The average molecular weight is 266 g/mol. The molecule has 0 fully saturated rings. The molecular weight excluding hydrogens is 250 g/mol. The lowest BCUT2D eigenvalue weighted by Gasteiger charge is -2.07. The van der Waals surface area contributed by atoms with Crippen LogP contribution in [0.15, 0.2) is 29.0 Å². The van der Waals surface area contributed by atoms with Crippen LogP contribution in [0.25, 0.3) is 11.3 Å². The van der Waals surface area contributed by atoms with E-state index in [0.717, 1.165) is 6.54 Å². The number of hydrogen-bond acceptors (Lipinski definition) is 3. The van der Waals surface area contributed by atoms with Gasteiger partial charge in [-0.3, -0.25) is 0 Å².